The second kappa shape index (κ2) is 7.66. The molecule has 0 amide bonds. The highest BCUT2D eigenvalue weighted by Crippen LogP contribution is 2.34. The van der Waals surface area contributed by atoms with Crippen molar-refractivity contribution in [3.63, 3.8) is 0 Å². The van der Waals surface area contributed by atoms with Gasteiger partial charge in [-0.3, -0.25) is 0 Å². The molecule has 0 saturated heterocycles. The first-order valence-corrected chi connectivity index (χ1v) is 8.47. The number of nitrogens with zero attached hydrogens (tertiary/aromatic N) is 1. The molecular weight excluding hydrogens is 306 g/mol. The molecule has 2 aromatic rings. The quantitative estimate of drug-likeness (QED) is 0.672. The van der Waals surface area contributed by atoms with Crippen LogP contribution in [0.25, 0.3) is 0 Å². The lowest BCUT2D eigenvalue weighted by molar-refractivity contribution is 0.192. The molecule has 1 unspecified atom stereocenters. The Labute approximate surface area is 134 Å². The average molecular weight is 326 g/mol. The Bertz CT molecular complexity index is 585. The van der Waals surface area contributed by atoms with Gasteiger partial charge in [-0.25, -0.2) is 4.98 Å². The number of benzene rings is 1. The van der Waals surface area contributed by atoms with E-state index in [1.807, 2.05) is 17.5 Å². The third-order valence-electron chi connectivity index (χ3n) is 3.26. The van der Waals surface area contributed by atoms with Gasteiger partial charge in [0.1, 0.15) is 11.1 Å². The van der Waals surface area contributed by atoms with Crippen molar-refractivity contribution in [3.8, 4) is 11.5 Å². The molecule has 0 N–H and O–H groups in total. The van der Waals surface area contributed by atoms with Crippen LogP contribution in [0.4, 0.5) is 0 Å². The highest BCUT2D eigenvalue weighted by Gasteiger charge is 2.17. The summed E-state index contributed by atoms with van der Waals surface area (Å²) in [6, 6.07) is 6.06. The lowest BCUT2D eigenvalue weighted by Crippen LogP contribution is -2.07. The summed E-state index contributed by atoms with van der Waals surface area (Å²) in [5, 5.41) is 2.93. The van der Waals surface area contributed by atoms with Crippen molar-refractivity contribution in [2.45, 2.75) is 38.7 Å². The molecular formula is C16H20ClNO2S. The van der Waals surface area contributed by atoms with Crippen molar-refractivity contribution >= 4 is 22.9 Å². The molecule has 114 valence electrons. The van der Waals surface area contributed by atoms with Crippen molar-refractivity contribution in [1.82, 2.24) is 4.98 Å². The molecule has 0 aliphatic rings. The van der Waals surface area contributed by atoms with E-state index in [2.05, 4.69) is 24.9 Å². The monoisotopic (exact) mass is 325 g/mol. The fourth-order valence-corrected chi connectivity index (χ4v) is 3.18. The van der Waals surface area contributed by atoms with Gasteiger partial charge < -0.3 is 9.47 Å². The van der Waals surface area contributed by atoms with Gasteiger partial charge in [-0.1, -0.05) is 19.9 Å². The Balaban J connectivity index is 2.21. The standard InChI is InChI=1S/C16H20ClNO2S/c1-4-11-6-7-14(15(8-11)19-3)20-13(5-2)16-18-12(9-17)10-21-16/h6-8,10,13H,4-5,9H2,1-3H3. The van der Waals surface area contributed by atoms with Gasteiger partial charge in [-0.2, -0.15) is 0 Å². The Morgan fingerprint density at radius 3 is 2.67 bits per heavy atom. The van der Waals surface area contributed by atoms with Crippen molar-refractivity contribution < 1.29 is 9.47 Å². The van der Waals surface area contributed by atoms with Crippen LogP contribution in [-0.2, 0) is 12.3 Å². The Hall–Kier alpha value is -1.26. The molecule has 5 heteroatoms. The van der Waals surface area contributed by atoms with E-state index in [1.54, 1.807) is 18.4 Å². The molecule has 1 heterocycles. The number of aryl methyl sites for hydroxylation is 1. The number of alkyl halides is 1. The van der Waals surface area contributed by atoms with Crippen LogP contribution in [0.3, 0.4) is 0 Å². The van der Waals surface area contributed by atoms with Gasteiger partial charge in [0.2, 0.25) is 0 Å². The summed E-state index contributed by atoms with van der Waals surface area (Å²) < 4.78 is 11.5. The molecule has 1 aromatic carbocycles. The van der Waals surface area contributed by atoms with Crippen LogP contribution in [0.15, 0.2) is 23.6 Å². The Morgan fingerprint density at radius 1 is 1.29 bits per heavy atom. The minimum atomic E-state index is -0.0756. The normalized spacial score (nSPS) is 12.2. The maximum atomic E-state index is 6.11. The molecule has 0 radical (unpaired) electrons. The summed E-state index contributed by atoms with van der Waals surface area (Å²) in [5.41, 5.74) is 2.12. The summed E-state index contributed by atoms with van der Waals surface area (Å²) in [6.45, 7) is 4.20. The van der Waals surface area contributed by atoms with Gasteiger partial charge in [0.15, 0.2) is 11.5 Å². The van der Waals surface area contributed by atoms with Gasteiger partial charge in [-0.15, -0.1) is 22.9 Å². The third kappa shape index (κ3) is 3.89. The molecule has 0 aliphatic heterocycles. The predicted molar refractivity (Wildman–Crippen MR) is 87.7 cm³/mol. The Morgan fingerprint density at radius 2 is 2.10 bits per heavy atom. The minimum Gasteiger partial charge on any atom is -0.493 e. The number of thiazole rings is 1. The highest BCUT2D eigenvalue weighted by molar-refractivity contribution is 7.09. The van der Waals surface area contributed by atoms with Gasteiger partial charge in [0.25, 0.3) is 0 Å². The minimum absolute atomic E-state index is 0.0756. The molecule has 0 saturated carbocycles. The van der Waals surface area contributed by atoms with Crippen LogP contribution in [0.1, 0.15) is 42.6 Å². The van der Waals surface area contributed by atoms with E-state index in [1.165, 1.54) is 5.56 Å². The molecule has 0 spiro atoms. The number of hydrogen-bond donors (Lipinski definition) is 0. The first-order valence-electron chi connectivity index (χ1n) is 7.05. The lowest BCUT2D eigenvalue weighted by Gasteiger charge is -2.18. The van der Waals surface area contributed by atoms with Crippen LogP contribution in [0.2, 0.25) is 0 Å². The highest BCUT2D eigenvalue weighted by atomic mass is 35.5. The van der Waals surface area contributed by atoms with Crippen LogP contribution >= 0.6 is 22.9 Å². The van der Waals surface area contributed by atoms with E-state index < -0.39 is 0 Å². The van der Waals surface area contributed by atoms with Crippen molar-refractivity contribution in [3.05, 3.63) is 39.8 Å². The molecule has 21 heavy (non-hydrogen) atoms. The molecule has 2 rings (SSSR count). The predicted octanol–water partition coefficient (Wildman–Crippen LogP) is 4.98. The lowest BCUT2D eigenvalue weighted by atomic mass is 10.1. The number of methoxy groups -OCH3 is 1. The van der Waals surface area contributed by atoms with E-state index in [0.29, 0.717) is 5.88 Å². The van der Waals surface area contributed by atoms with E-state index in [4.69, 9.17) is 21.1 Å². The molecule has 0 bridgehead atoms. The topological polar surface area (TPSA) is 31.4 Å². The van der Waals surface area contributed by atoms with Crippen LogP contribution in [-0.4, -0.2) is 12.1 Å². The number of rotatable bonds is 7. The van der Waals surface area contributed by atoms with Gasteiger partial charge >= 0.3 is 0 Å². The maximum absolute atomic E-state index is 6.11. The zero-order valence-corrected chi connectivity index (χ0v) is 14.1. The second-order valence-corrected chi connectivity index (χ2v) is 5.82. The molecule has 3 nitrogen and oxygen atoms in total. The SMILES string of the molecule is CCc1ccc(OC(CC)c2nc(CCl)cs2)c(OC)c1. The smallest absolute Gasteiger partial charge is 0.162 e. The summed E-state index contributed by atoms with van der Waals surface area (Å²) in [6.07, 6.45) is 1.74. The summed E-state index contributed by atoms with van der Waals surface area (Å²) >= 11 is 7.40. The zero-order valence-electron chi connectivity index (χ0n) is 12.6. The van der Waals surface area contributed by atoms with Crippen LogP contribution in [0, 0.1) is 0 Å². The summed E-state index contributed by atoms with van der Waals surface area (Å²) in [7, 11) is 1.66. The number of hydrogen-bond acceptors (Lipinski definition) is 4. The molecule has 1 atom stereocenters. The fraction of sp³-hybridized carbons (Fsp3) is 0.438. The number of aromatic nitrogens is 1. The second-order valence-electron chi connectivity index (χ2n) is 4.66. The first kappa shape index (κ1) is 16.1. The molecule has 1 aromatic heterocycles. The van der Waals surface area contributed by atoms with E-state index in [-0.39, 0.29) is 6.10 Å². The van der Waals surface area contributed by atoms with Crippen molar-refractivity contribution in [1.29, 1.82) is 0 Å². The number of ether oxygens (including phenoxy) is 2. The Kier molecular flexibility index (Phi) is 5.88. The van der Waals surface area contributed by atoms with Gasteiger partial charge in [0.05, 0.1) is 18.7 Å². The fourth-order valence-electron chi connectivity index (χ4n) is 2.02. The van der Waals surface area contributed by atoms with E-state index >= 15 is 0 Å². The first-order chi connectivity index (χ1) is 10.2. The van der Waals surface area contributed by atoms with Gasteiger partial charge in [0, 0.05) is 5.38 Å². The van der Waals surface area contributed by atoms with Crippen molar-refractivity contribution in [2.75, 3.05) is 7.11 Å². The van der Waals surface area contributed by atoms with E-state index in [9.17, 15) is 0 Å². The largest absolute Gasteiger partial charge is 0.493 e. The molecule has 0 fully saturated rings. The zero-order chi connectivity index (χ0) is 15.2. The summed E-state index contributed by atoms with van der Waals surface area (Å²) in [4.78, 5) is 4.51. The molecule has 0 aliphatic carbocycles. The average Bonchev–Trinajstić information content (AvgIpc) is 3.01. The van der Waals surface area contributed by atoms with Crippen LogP contribution < -0.4 is 9.47 Å². The third-order valence-corrected chi connectivity index (χ3v) is 4.52. The van der Waals surface area contributed by atoms with E-state index in [0.717, 1.165) is 35.0 Å². The number of halogens is 1. The maximum Gasteiger partial charge on any atom is 0.162 e. The van der Waals surface area contributed by atoms with Gasteiger partial charge in [-0.05, 0) is 30.5 Å². The van der Waals surface area contributed by atoms with Crippen LogP contribution in [0.5, 0.6) is 11.5 Å². The van der Waals surface area contributed by atoms with Crippen molar-refractivity contribution in [2.24, 2.45) is 0 Å². The summed E-state index contributed by atoms with van der Waals surface area (Å²) in [5.74, 6) is 1.95.